The summed E-state index contributed by atoms with van der Waals surface area (Å²) in [7, 11) is 3.64. The molecule has 6 heteroatoms. The van der Waals surface area contributed by atoms with Crippen LogP contribution in [0, 0.1) is 11.3 Å². The third-order valence-electron chi connectivity index (χ3n) is 5.16. The van der Waals surface area contributed by atoms with Crippen LogP contribution in [-0.2, 0) is 9.47 Å². The summed E-state index contributed by atoms with van der Waals surface area (Å²) in [6.45, 7) is 4.56. The predicted octanol–water partition coefficient (Wildman–Crippen LogP) is 3.18. The highest BCUT2D eigenvalue weighted by Gasteiger charge is 2.33. The Kier molecular flexibility index (Phi) is 11.3. The normalized spacial score (nSPS) is 19.8. The molecule has 5 nitrogen and oxygen atoms in total. The summed E-state index contributed by atoms with van der Waals surface area (Å²) < 4.78 is 11.0. The van der Waals surface area contributed by atoms with Gasteiger partial charge in [0.05, 0.1) is 0 Å². The van der Waals surface area contributed by atoms with Crippen LogP contribution in [0.15, 0.2) is 4.99 Å². The highest BCUT2D eigenvalue weighted by Crippen LogP contribution is 2.40. The van der Waals surface area contributed by atoms with Gasteiger partial charge < -0.3 is 20.1 Å². The molecule has 0 unspecified atom stereocenters. The van der Waals surface area contributed by atoms with Gasteiger partial charge in [-0.15, -0.1) is 24.0 Å². The minimum atomic E-state index is 0. The van der Waals surface area contributed by atoms with E-state index in [1.54, 1.807) is 7.11 Å². The van der Waals surface area contributed by atoms with Crippen molar-refractivity contribution in [2.45, 2.75) is 51.4 Å². The fraction of sp³-hybridized carbons (Fsp3) is 0.944. The van der Waals surface area contributed by atoms with Gasteiger partial charge in [-0.2, -0.15) is 0 Å². The summed E-state index contributed by atoms with van der Waals surface area (Å²) in [5, 5.41) is 6.92. The van der Waals surface area contributed by atoms with Crippen molar-refractivity contribution in [3.8, 4) is 0 Å². The Hall–Kier alpha value is -0.0800. The fourth-order valence-corrected chi connectivity index (χ4v) is 3.37. The zero-order valence-corrected chi connectivity index (χ0v) is 17.8. The largest absolute Gasteiger partial charge is 0.385 e. The molecule has 0 bridgehead atoms. The van der Waals surface area contributed by atoms with Crippen LogP contribution >= 0.6 is 24.0 Å². The van der Waals surface area contributed by atoms with Crippen molar-refractivity contribution >= 4 is 29.9 Å². The topological polar surface area (TPSA) is 54.9 Å². The molecule has 2 N–H and O–H groups in total. The molecule has 0 radical (unpaired) electrons. The Labute approximate surface area is 164 Å². The maximum absolute atomic E-state index is 5.66. The molecule has 142 valence electrons. The van der Waals surface area contributed by atoms with Crippen molar-refractivity contribution in [2.24, 2.45) is 16.3 Å². The Balaban J connectivity index is 0.00000288. The summed E-state index contributed by atoms with van der Waals surface area (Å²) in [5.41, 5.74) is 0.390. The van der Waals surface area contributed by atoms with Crippen LogP contribution in [0.2, 0.25) is 0 Å². The second-order valence-electron chi connectivity index (χ2n) is 7.17. The quantitative estimate of drug-likeness (QED) is 0.218. The molecule has 0 aliphatic heterocycles. The van der Waals surface area contributed by atoms with Gasteiger partial charge in [0.25, 0.3) is 0 Å². The molecular weight excluding hydrogens is 417 g/mol. The Morgan fingerprint density at radius 3 is 2.54 bits per heavy atom. The Morgan fingerprint density at radius 1 is 1.17 bits per heavy atom. The molecule has 0 aromatic rings. The van der Waals surface area contributed by atoms with E-state index in [0.717, 1.165) is 57.6 Å². The van der Waals surface area contributed by atoms with Gasteiger partial charge in [-0.3, -0.25) is 4.99 Å². The number of nitrogens with zero attached hydrogens (tertiary/aromatic N) is 1. The van der Waals surface area contributed by atoms with Gasteiger partial charge in [0.15, 0.2) is 5.96 Å². The first kappa shape index (κ1) is 22.0. The van der Waals surface area contributed by atoms with Crippen molar-refractivity contribution in [1.82, 2.24) is 10.6 Å². The molecule has 2 rings (SSSR count). The zero-order valence-electron chi connectivity index (χ0n) is 15.4. The van der Waals surface area contributed by atoms with E-state index in [9.17, 15) is 0 Å². The molecular formula is C18H36IN3O2. The number of nitrogens with one attached hydrogen (secondary N) is 2. The van der Waals surface area contributed by atoms with E-state index in [0.29, 0.717) is 5.41 Å². The van der Waals surface area contributed by atoms with Gasteiger partial charge >= 0.3 is 0 Å². The summed E-state index contributed by atoms with van der Waals surface area (Å²) in [4.78, 5) is 4.34. The van der Waals surface area contributed by atoms with Crippen LogP contribution in [0.5, 0.6) is 0 Å². The van der Waals surface area contributed by atoms with Gasteiger partial charge in [-0.05, 0) is 49.9 Å². The number of methoxy groups -OCH3 is 1. The average Bonchev–Trinajstić information content (AvgIpc) is 3.28. The van der Waals surface area contributed by atoms with Crippen LogP contribution in [0.25, 0.3) is 0 Å². The number of hydrogen-bond acceptors (Lipinski definition) is 3. The summed E-state index contributed by atoms with van der Waals surface area (Å²) in [5.74, 6) is 1.77. The molecule has 0 atom stereocenters. The van der Waals surface area contributed by atoms with Crippen LogP contribution < -0.4 is 10.6 Å². The monoisotopic (exact) mass is 453 g/mol. The average molecular weight is 453 g/mol. The van der Waals surface area contributed by atoms with Gasteiger partial charge in [-0.25, -0.2) is 0 Å². The highest BCUT2D eigenvalue weighted by molar-refractivity contribution is 14.0. The lowest BCUT2D eigenvalue weighted by Gasteiger charge is -2.30. The standard InChI is InChI=1S/C18H35N3O2.HI/c1-19-17(20-11-5-12-23-14-16-6-7-16)21-15-18(10-13-22-2)8-3-4-9-18;/h16H,3-15H2,1-2H3,(H2,19,20,21);1H. The SMILES string of the molecule is CN=C(NCCCOCC1CC1)NCC1(CCOC)CCCC1.I. The van der Waals surface area contributed by atoms with E-state index in [1.165, 1.54) is 38.5 Å². The van der Waals surface area contributed by atoms with Crippen molar-refractivity contribution < 1.29 is 9.47 Å². The molecule has 2 fully saturated rings. The van der Waals surface area contributed by atoms with Gasteiger partial charge in [0.1, 0.15) is 0 Å². The van der Waals surface area contributed by atoms with E-state index in [-0.39, 0.29) is 24.0 Å². The lowest BCUT2D eigenvalue weighted by Crippen LogP contribution is -2.43. The number of guanidine groups is 1. The minimum Gasteiger partial charge on any atom is -0.385 e. The van der Waals surface area contributed by atoms with Gasteiger partial charge in [-0.1, -0.05) is 12.8 Å². The smallest absolute Gasteiger partial charge is 0.190 e. The molecule has 0 aromatic carbocycles. The number of hydrogen-bond donors (Lipinski definition) is 2. The van der Waals surface area contributed by atoms with Crippen LogP contribution in [0.4, 0.5) is 0 Å². The van der Waals surface area contributed by atoms with E-state index >= 15 is 0 Å². The third-order valence-corrected chi connectivity index (χ3v) is 5.16. The first-order valence-corrected chi connectivity index (χ1v) is 9.29. The van der Waals surface area contributed by atoms with E-state index in [1.807, 2.05) is 7.05 Å². The van der Waals surface area contributed by atoms with Gasteiger partial charge in [0, 0.05) is 47.1 Å². The molecule has 0 heterocycles. The minimum absolute atomic E-state index is 0. The lowest BCUT2D eigenvalue weighted by atomic mass is 9.83. The molecule has 2 aliphatic rings. The van der Waals surface area contributed by atoms with Crippen LogP contribution in [0.1, 0.15) is 51.4 Å². The number of ether oxygens (including phenoxy) is 2. The Morgan fingerprint density at radius 2 is 1.92 bits per heavy atom. The zero-order chi connectivity index (χ0) is 16.4. The first-order chi connectivity index (χ1) is 11.3. The molecule has 2 aliphatic carbocycles. The summed E-state index contributed by atoms with van der Waals surface area (Å²) >= 11 is 0. The number of aliphatic imine (C=N–C) groups is 1. The third kappa shape index (κ3) is 8.34. The second kappa shape index (κ2) is 12.3. The highest BCUT2D eigenvalue weighted by atomic mass is 127. The van der Waals surface area contributed by atoms with Gasteiger partial charge in [0.2, 0.25) is 0 Å². The molecule has 24 heavy (non-hydrogen) atoms. The predicted molar refractivity (Wildman–Crippen MR) is 110 cm³/mol. The fourth-order valence-electron chi connectivity index (χ4n) is 3.37. The molecule has 0 spiro atoms. The second-order valence-corrected chi connectivity index (χ2v) is 7.17. The first-order valence-electron chi connectivity index (χ1n) is 9.29. The molecule has 0 amide bonds. The van der Waals surface area contributed by atoms with Crippen molar-refractivity contribution in [3.63, 3.8) is 0 Å². The maximum Gasteiger partial charge on any atom is 0.190 e. The number of halogens is 1. The van der Waals surface area contributed by atoms with E-state index in [2.05, 4.69) is 15.6 Å². The van der Waals surface area contributed by atoms with Crippen molar-refractivity contribution in [2.75, 3.05) is 47.1 Å². The Bertz CT molecular complexity index is 356. The summed E-state index contributed by atoms with van der Waals surface area (Å²) in [6.07, 6.45) is 10.2. The summed E-state index contributed by atoms with van der Waals surface area (Å²) in [6, 6.07) is 0. The number of rotatable bonds is 11. The lowest BCUT2D eigenvalue weighted by molar-refractivity contribution is 0.122. The molecule has 0 aromatic heterocycles. The van der Waals surface area contributed by atoms with Crippen molar-refractivity contribution in [1.29, 1.82) is 0 Å². The van der Waals surface area contributed by atoms with E-state index in [4.69, 9.17) is 9.47 Å². The maximum atomic E-state index is 5.66. The van der Waals surface area contributed by atoms with E-state index < -0.39 is 0 Å². The molecule has 0 saturated heterocycles. The van der Waals surface area contributed by atoms with Crippen LogP contribution in [-0.4, -0.2) is 53.0 Å². The van der Waals surface area contributed by atoms with Crippen LogP contribution in [0.3, 0.4) is 0 Å². The van der Waals surface area contributed by atoms with Crippen molar-refractivity contribution in [3.05, 3.63) is 0 Å². The molecule has 2 saturated carbocycles.